The van der Waals surface area contributed by atoms with Crippen molar-refractivity contribution < 1.29 is 29.3 Å². The Hall–Kier alpha value is -4.08. The number of ether oxygens (including phenoxy) is 2. The normalized spacial score (nSPS) is 13.4. The second-order valence-corrected chi connectivity index (χ2v) is 13.9. The number of rotatable bonds is 18. The van der Waals surface area contributed by atoms with Gasteiger partial charge in [0.1, 0.15) is 0 Å². The molecule has 0 spiro atoms. The summed E-state index contributed by atoms with van der Waals surface area (Å²) in [4.78, 5) is 25.0. The highest BCUT2D eigenvalue weighted by atomic mass is 32.2. The number of carbonyl (C=O) groups is 2. The molecule has 6 nitrogen and oxygen atoms in total. The summed E-state index contributed by atoms with van der Waals surface area (Å²) in [6, 6.07) is 29.5. The summed E-state index contributed by atoms with van der Waals surface area (Å²) < 4.78 is 10.7. The van der Waals surface area contributed by atoms with Crippen LogP contribution >= 0.6 is 23.5 Å². The van der Waals surface area contributed by atoms with Crippen LogP contribution in [0.2, 0.25) is 0 Å². The molecular formula is C41H42O6S2. The fraction of sp³-hybridized carbons (Fsp3) is 0.268. The summed E-state index contributed by atoms with van der Waals surface area (Å²) >= 11 is 3.49. The van der Waals surface area contributed by atoms with Crippen molar-refractivity contribution in [3.63, 3.8) is 0 Å². The van der Waals surface area contributed by atoms with E-state index < -0.39 is 24.1 Å². The lowest BCUT2D eigenvalue weighted by Crippen LogP contribution is -2.26. The third kappa shape index (κ3) is 10.5. The molecule has 5 rings (SSSR count). The number of benzene rings is 4. The Morgan fingerprint density at radius 2 is 1.06 bits per heavy atom. The smallest absolute Gasteiger partial charge is 0.333 e. The van der Waals surface area contributed by atoms with Crippen LogP contribution in [0.4, 0.5) is 0 Å². The standard InChI is InChI=1S/C41H42O6S2/c1-3-46-38(40(42)43)25-30-9-15-34(16-10-30)48-21-5-7-28-13-19-36-32(23-28)27-33-24-29(14-20-37(33)36)8-6-22-49-35-17-11-31(12-18-35)26-39(41(44)45)47-4-2/h5-20,23-24,38-39H,3-4,21-22,25-27H2,1-2H3,(H,42,43)(H,44,45). The van der Waals surface area contributed by atoms with Crippen molar-refractivity contribution in [1.29, 1.82) is 0 Å². The molecule has 0 radical (unpaired) electrons. The van der Waals surface area contributed by atoms with E-state index in [1.807, 2.05) is 48.5 Å². The van der Waals surface area contributed by atoms with Crippen LogP contribution in [0.3, 0.4) is 0 Å². The Labute approximate surface area is 297 Å². The van der Waals surface area contributed by atoms with E-state index in [4.69, 9.17) is 9.47 Å². The highest BCUT2D eigenvalue weighted by molar-refractivity contribution is 7.99. The molecule has 0 amide bonds. The molecule has 8 heteroatoms. The van der Waals surface area contributed by atoms with Gasteiger partial charge >= 0.3 is 11.9 Å². The Morgan fingerprint density at radius 1 is 0.653 bits per heavy atom. The first-order chi connectivity index (χ1) is 23.8. The third-order valence-electron chi connectivity index (χ3n) is 8.22. The summed E-state index contributed by atoms with van der Waals surface area (Å²) in [5, 5.41) is 18.6. The second-order valence-electron chi connectivity index (χ2n) is 11.7. The Kier molecular flexibility index (Phi) is 13.3. The highest BCUT2D eigenvalue weighted by Crippen LogP contribution is 2.38. The van der Waals surface area contributed by atoms with E-state index in [0.717, 1.165) is 38.8 Å². The van der Waals surface area contributed by atoms with E-state index in [9.17, 15) is 19.8 Å². The number of aliphatic carboxylic acids is 2. The number of carboxylic acids is 2. The minimum absolute atomic E-state index is 0.362. The molecule has 254 valence electrons. The van der Waals surface area contributed by atoms with Gasteiger partial charge < -0.3 is 19.7 Å². The molecule has 0 bridgehead atoms. The van der Waals surface area contributed by atoms with Crippen molar-refractivity contribution in [3.8, 4) is 11.1 Å². The first kappa shape index (κ1) is 36.2. The monoisotopic (exact) mass is 694 g/mol. The van der Waals surface area contributed by atoms with Gasteiger partial charge in [-0.2, -0.15) is 0 Å². The first-order valence-corrected chi connectivity index (χ1v) is 18.5. The molecule has 0 fully saturated rings. The third-order valence-corrected chi connectivity index (χ3v) is 10.1. The molecule has 0 aromatic heterocycles. The number of hydrogen-bond donors (Lipinski definition) is 2. The zero-order valence-electron chi connectivity index (χ0n) is 27.8. The van der Waals surface area contributed by atoms with Gasteiger partial charge in [0.25, 0.3) is 0 Å². The second kappa shape index (κ2) is 18.1. The zero-order valence-corrected chi connectivity index (χ0v) is 29.5. The molecule has 2 unspecified atom stereocenters. The number of carboxylic acid groups (broad SMARTS) is 2. The van der Waals surface area contributed by atoms with Crippen molar-refractivity contribution in [2.24, 2.45) is 0 Å². The molecule has 0 aliphatic heterocycles. The van der Waals surface area contributed by atoms with Gasteiger partial charge in [0, 0.05) is 47.4 Å². The predicted molar refractivity (Wildman–Crippen MR) is 201 cm³/mol. The molecule has 49 heavy (non-hydrogen) atoms. The van der Waals surface area contributed by atoms with Crippen molar-refractivity contribution in [1.82, 2.24) is 0 Å². The SMILES string of the molecule is CCOC(Cc1ccc(SCC=Cc2ccc3c(c2)Cc2cc(C=CCSc4ccc(CC(OCC)C(=O)O)cc4)ccc2-3)cc1)C(=O)O. The van der Waals surface area contributed by atoms with Gasteiger partial charge in [-0.15, -0.1) is 23.5 Å². The molecule has 2 atom stereocenters. The number of thioether (sulfide) groups is 2. The van der Waals surface area contributed by atoms with Crippen LogP contribution in [0.5, 0.6) is 0 Å². The fourth-order valence-corrected chi connectivity index (χ4v) is 7.25. The molecule has 1 aliphatic rings. The van der Waals surface area contributed by atoms with E-state index >= 15 is 0 Å². The minimum Gasteiger partial charge on any atom is -0.479 e. The molecule has 0 heterocycles. The molecule has 2 N–H and O–H groups in total. The molecule has 0 saturated heterocycles. The van der Waals surface area contributed by atoms with Crippen LogP contribution in [0.25, 0.3) is 23.3 Å². The van der Waals surface area contributed by atoms with E-state index in [2.05, 4.69) is 60.7 Å². The van der Waals surface area contributed by atoms with Gasteiger partial charge in [-0.25, -0.2) is 9.59 Å². The molecule has 0 saturated carbocycles. The van der Waals surface area contributed by atoms with Crippen molar-refractivity contribution >= 4 is 47.6 Å². The summed E-state index contributed by atoms with van der Waals surface area (Å²) in [5.74, 6) is -0.179. The molecular weight excluding hydrogens is 653 g/mol. The van der Waals surface area contributed by atoms with Crippen molar-refractivity contribution in [3.05, 3.63) is 130 Å². The molecule has 4 aromatic carbocycles. The molecule has 4 aromatic rings. The van der Waals surface area contributed by atoms with Crippen LogP contribution in [-0.4, -0.2) is 59.1 Å². The highest BCUT2D eigenvalue weighted by Gasteiger charge is 2.20. The van der Waals surface area contributed by atoms with Crippen molar-refractivity contribution in [2.75, 3.05) is 24.7 Å². The maximum atomic E-state index is 11.4. The first-order valence-electron chi connectivity index (χ1n) is 16.5. The van der Waals surface area contributed by atoms with Crippen LogP contribution < -0.4 is 0 Å². The van der Waals surface area contributed by atoms with E-state index in [1.54, 1.807) is 37.4 Å². The lowest BCUT2D eigenvalue weighted by atomic mass is 10.0. The predicted octanol–water partition coefficient (Wildman–Crippen LogP) is 8.93. The van der Waals surface area contributed by atoms with Crippen LogP contribution in [0.15, 0.2) is 107 Å². The summed E-state index contributed by atoms with van der Waals surface area (Å²) in [6.45, 7) is 4.37. The maximum absolute atomic E-state index is 11.4. The van der Waals surface area contributed by atoms with Gasteiger partial charge in [-0.1, -0.05) is 85.0 Å². The summed E-state index contributed by atoms with van der Waals surface area (Å²) in [5.41, 5.74) is 9.61. The fourth-order valence-electron chi connectivity index (χ4n) is 5.82. The maximum Gasteiger partial charge on any atom is 0.333 e. The largest absolute Gasteiger partial charge is 0.479 e. The molecule has 1 aliphatic carbocycles. The average molecular weight is 695 g/mol. The Balaban J connectivity index is 1.08. The summed E-state index contributed by atoms with van der Waals surface area (Å²) in [6.07, 6.45) is 8.75. The quantitative estimate of drug-likeness (QED) is 0.0879. The Bertz CT molecular complexity index is 1650. The number of fused-ring (bicyclic) bond motifs is 3. The lowest BCUT2D eigenvalue weighted by Gasteiger charge is -2.12. The van der Waals surface area contributed by atoms with E-state index in [-0.39, 0.29) is 0 Å². The Morgan fingerprint density at radius 3 is 1.43 bits per heavy atom. The van der Waals surface area contributed by atoms with Gasteiger partial charge in [-0.3, -0.25) is 0 Å². The van der Waals surface area contributed by atoms with Gasteiger partial charge in [0.05, 0.1) is 0 Å². The lowest BCUT2D eigenvalue weighted by molar-refractivity contribution is -0.150. The van der Waals surface area contributed by atoms with Crippen LogP contribution in [0.1, 0.15) is 47.2 Å². The minimum atomic E-state index is -0.931. The summed E-state index contributed by atoms with van der Waals surface area (Å²) in [7, 11) is 0. The van der Waals surface area contributed by atoms with Crippen LogP contribution in [-0.2, 0) is 38.3 Å². The average Bonchev–Trinajstić information content (AvgIpc) is 3.46. The van der Waals surface area contributed by atoms with Crippen LogP contribution in [0, 0.1) is 0 Å². The van der Waals surface area contributed by atoms with E-state index in [0.29, 0.717) is 26.1 Å². The zero-order chi connectivity index (χ0) is 34.6. The topological polar surface area (TPSA) is 93.1 Å². The van der Waals surface area contributed by atoms with E-state index in [1.165, 1.54) is 33.4 Å². The van der Waals surface area contributed by atoms with Gasteiger partial charge in [0.2, 0.25) is 0 Å². The van der Waals surface area contributed by atoms with Gasteiger partial charge in [-0.05, 0) is 89.0 Å². The van der Waals surface area contributed by atoms with Crippen molar-refractivity contribution in [2.45, 2.75) is 55.1 Å². The number of hydrogen-bond acceptors (Lipinski definition) is 6. The van der Waals surface area contributed by atoms with Gasteiger partial charge in [0.15, 0.2) is 12.2 Å².